The summed E-state index contributed by atoms with van der Waals surface area (Å²) in [6.07, 6.45) is 2.73. The van der Waals surface area contributed by atoms with Crippen molar-refractivity contribution in [1.29, 1.82) is 0 Å². The first-order valence-electron chi connectivity index (χ1n) is 7.01. The van der Waals surface area contributed by atoms with Crippen LogP contribution in [0.2, 0.25) is 0 Å². The Labute approximate surface area is 111 Å². The number of hydrogen-bond acceptors (Lipinski definition) is 2. The summed E-state index contributed by atoms with van der Waals surface area (Å²) < 4.78 is 0. The van der Waals surface area contributed by atoms with E-state index < -0.39 is 0 Å². The standard InChI is InChI=1S/C16H26N2/c1-13(2)16(9-10-16)12-18-11-15(3,17)14-7-5-4-6-8-14/h4-8,13,18H,9-12,17H2,1-3H3. The van der Waals surface area contributed by atoms with Gasteiger partial charge < -0.3 is 11.1 Å². The summed E-state index contributed by atoms with van der Waals surface area (Å²) in [5.41, 5.74) is 7.87. The summed E-state index contributed by atoms with van der Waals surface area (Å²) in [7, 11) is 0. The van der Waals surface area contributed by atoms with E-state index in [4.69, 9.17) is 5.73 Å². The van der Waals surface area contributed by atoms with Gasteiger partial charge in [0.05, 0.1) is 5.54 Å². The zero-order valence-corrected chi connectivity index (χ0v) is 11.9. The second kappa shape index (κ2) is 5.02. The molecule has 0 amide bonds. The molecular formula is C16H26N2. The third-order valence-corrected chi connectivity index (χ3v) is 4.52. The fraction of sp³-hybridized carbons (Fsp3) is 0.625. The molecule has 1 fully saturated rings. The highest BCUT2D eigenvalue weighted by Crippen LogP contribution is 2.51. The van der Waals surface area contributed by atoms with E-state index in [1.165, 1.54) is 18.4 Å². The summed E-state index contributed by atoms with van der Waals surface area (Å²) in [6.45, 7) is 8.70. The van der Waals surface area contributed by atoms with Gasteiger partial charge in [-0.25, -0.2) is 0 Å². The predicted molar refractivity (Wildman–Crippen MR) is 77.4 cm³/mol. The minimum absolute atomic E-state index is 0.283. The van der Waals surface area contributed by atoms with Crippen LogP contribution in [-0.4, -0.2) is 13.1 Å². The van der Waals surface area contributed by atoms with Crippen molar-refractivity contribution in [2.45, 2.75) is 39.2 Å². The number of hydrogen-bond donors (Lipinski definition) is 2. The van der Waals surface area contributed by atoms with Crippen molar-refractivity contribution in [2.75, 3.05) is 13.1 Å². The second-order valence-electron chi connectivity index (χ2n) is 6.40. The van der Waals surface area contributed by atoms with Gasteiger partial charge in [-0.2, -0.15) is 0 Å². The minimum Gasteiger partial charge on any atom is -0.321 e. The SMILES string of the molecule is CC(C)C1(CNCC(C)(N)c2ccccc2)CC1. The molecule has 100 valence electrons. The van der Waals surface area contributed by atoms with Gasteiger partial charge in [0, 0.05) is 13.1 Å². The summed E-state index contributed by atoms with van der Waals surface area (Å²) >= 11 is 0. The Balaban J connectivity index is 1.87. The Bertz CT molecular complexity index is 377. The van der Waals surface area contributed by atoms with Crippen LogP contribution in [0, 0.1) is 11.3 Å². The summed E-state index contributed by atoms with van der Waals surface area (Å²) in [6, 6.07) is 10.4. The fourth-order valence-corrected chi connectivity index (χ4v) is 2.61. The lowest BCUT2D eigenvalue weighted by atomic mass is 9.90. The molecule has 1 unspecified atom stereocenters. The highest BCUT2D eigenvalue weighted by Gasteiger charge is 2.44. The lowest BCUT2D eigenvalue weighted by Gasteiger charge is -2.28. The molecule has 0 aliphatic heterocycles. The van der Waals surface area contributed by atoms with E-state index in [0.717, 1.165) is 19.0 Å². The van der Waals surface area contributed by atoms with Gasteiger partial charge in [-0.3, -0.25) is 0 Å². The molecule has 1 atom stereocenters. The van der Waals surface area contributed by atoms with E-state index >= 15 is 0 Å². The highest BCUT2D eigenvalue weighted by atomic mass is 14.9. The number of nitrogens with one attached hydrogen (secondary N) is 1. The molecule has 0 spiro atoms. The Morgan fingerprint density at radius 2 is 1.89 bits per heavy atom. The molecule has 0 aromatic heterocycles. The Morgan fingerprint density at radius 1 is 1.28 bits per heavy atom. The molecule has 2 rings (SSSR count). The average Bonchev–Trinajstić information content (AvgIpc) is 3.11. The van der Waals surface area contributed by atoms with Crippen molar-refractivity contribution >= 4 is 0 Å². The lowest BCUT2D eigenvalue weighted by Crippen LogP contribution is -2.45. The van der Waals surface area contributed by atoms with Crippen LogP contribution in [0.25, 0.3) is 0 Å². The van der Waals surface area contributed by atoms with Crippen LogP contribution in [0.3, 0.4) is 0 Å². The van der Waals surface area contributed by atoms with E-state index in [1.807, 2.05) is 6.07 Å². The Hall–Kier alpha value is -0.860. The van der Waals surface area contributed by atoms with Crippen molar-refractivity contribution in [3.05, 3.63) is 35.9 Å². The van der Waals surface area contributed by atoms with Gasteiger partial charge in [-0.05, 0) is 36.7 Å². The van der Waals surface area contributed by atoms with Crippen LogP contribution < -0.4 is 11.1 Å². The molecule has 1 aromatic carbocycles. The largest absolute Gasteiger partial charge is 0.321 e. The minimum atomic E-state index is -0.283. The third kappa shape index (κ3) is 2.93. The molecular weight excluding hydrogens is 220 g/mol. The average molecular weight is 246 g/mol. The normalized spacial score (nSPS) is 20.7. The second-order valence-corrected chi connectivity index (χ2v) is 6.40. The summed E-state index contributed by atoms with van der Waals surface area (Å²) in [5, 5.41) is 3.58. The van der Waals surface area contributed by atoms with Crippen molar-refractivity contribution in [3.63, 3.8) is 0 Å². The van der Waals surface area contributed by atoms with Crippen LogP contribution in [0.5, 0.6) is 0 Å². The van der Waals surface area contributed by atoms with Crippen molar-refractivity contribution in [2.24, 2.45) is 17.1 Å². The van der Waals surface area contributed by atoms with E-state index in [9.17, 15) is 0 Å². The van der Waals surface area contributed by atoms with Crippen LogP contribution in [0.1, 0.15) is 39.2 Å². The molecule has 18 heavy (non-hydrogen) atoms. The van der Waals surface area contributed by atoms with Crippen LogP contribution in [0.15, 0.2) is 30.3 Å². The molecule has 3 N–H and O–H groups in total. The van der Waals surface area contributed by atoms with Crippen molar-refractivity contribution < 1.29 is 0 Å². The van der Waals surface area contributed by atoms with Crippen molar-refractivity contribution in [1.82, 2.24) is 5.32 Å². The molecule has 1 aromatic rings. The zero-order valence-electron chi connectivity index (χ0n) is 11.9. The Kier molecular flexibility index (Phi) is 3.79. The van der Waals surface area contributed by atoms with Gasteiger partial charge in [0.15, 0.2) is 0 Å². The maximum Gasteiger partial charge on any atom is 0.0507 e. The molecule has 0 radical (unpaired) electrons. The maximum absolute atomic E-state index is 6.40. The molecule has 2 nitrogen and oxygen atoms in total. The predicted octanol–water partition coefficient (Wildman–Crippen LogP) is 2.89. The first kappa shape index (κ1) is 13.6. The van der Waals surface area contributed by atoms with E-state index in [2.05, 4.69) is 50.4 Å². The number of rotatable bonds is 6. The monoisotopic (exact) mass is 246 g/mol. The van der Waals surface area contributed by atoms with Gasteiger partial charge in [-0.1, -0.05) is 44.2 Å². The number of benzene rings is 1. The maximum atomic E-state index is 6.40. The van der Waals surface area contributed by atoms with Gasteiger partial charge in [0.2, 0.25) is 0 Å². The van der Waals surface area contributed by atoms with Gasteiger partial charge >= 0.3 is 0 Å². The Morgan fingerprint density at radius 3 is 2.39 bits per heavy atom. The van der Waals surface area contributed by atoms with Crippen molar-refractivity contribution in [3.8, 4) is 0 Å². The summed E-state index contributed by atoms with van der Waals surface area (Å²) in [4.78, 5) is 0. The molecule has 1 saturated carbocycles. The van der Waals surface area contributed by atoms with E-state index in [1.54, 1.807) is 0 Å². The smallest absolute Gasteiger partial charge is 0.0507 e. The van der Waals surface area contributed by atoms with Crippen LogP contribution in [0.4, 0.5) is 0 Å². The quantitative estimate of drug-likeness (QED) is 0.810. The molecule has 1 aliphatic carbocycles. The summed E-state index contributed by atoms with van der Waals surface area (Å²) in [5.74, 6) is 0.769. The highest BCUT2D eigenvalue weighted by molar-refractivity contribution is 5.23. The van der Waals surface area contributed by atoms with Crippen LogP contribution in [-0.2, 0) is 5.54 Å². The fourth-order valence-electron chi connectivity index (χ4n) is 2.61. The molecule has 0 bridgehead atoms. The van der Waals surface area contributed by atoms with E-state index in [-0.39, 0.29) is 5.54 Å². The topological polar surface area (TPSA) is 38.0 Å². The molecule has 0 saturated heterocycles. The first-order chi connectivity index (χ1) is 8.46. The third-order valence-electron chi connectivity index (χ3n) is 4.52. The molecule has 1 aliphatic rings. The lowest BCUT2D eigenvalue weighted by molar-refractivity contribution is 0.320. The first-order valence-corrected chi connectivity index (χ1v) is 7.01. The van der Waals surface area contributed by atoms with Crippen LogP contribution >= 0.6 is 0 Å². The van der Waals surface area contributed by atoms with Gasteiger partial charge in [0.1, 0.15) is 0 Å². The van der Waals surface area contributed by atoms with Gasteiger partial charge in [-0.15, -0.1) is 0 Å². The number of nitrogens with two attached hydrogens (primary N) is 1. The molecule has 0 heterocycles. The molecule has 2 heteroatoms. The van der Waals surface area contributed by atoms with E-state index in [0.29, 0.717) is 5.41 Å². The zero-order chi connectivity index (χ0) is 13.2. The van der Waals surface area contributed by atoms with Gasteiger partial charge in [0.25, 0.3) is 0 Å².